The van der Waals surface area contributed by atoms with Crippen molar-refractivity contribution in [1.29, 1.82) is 0 Å². The minimum atomic E-state index is 0.809. The molecule has 0 spiro atoms. The lowest BCUT2D eigenvalue weighted by atomic mass is 10.1. The maximum atomic E-state index is 5.41. The van der Waals surface area contributed by atoms with Crippen molar-refractivity contribution in [2.75, 3.05) is 0 Å². The summed E-state index contributed by atoms with van der Waals surface area (Å²) in [5.41, 5.74) is 2.85. The molecule has 0 bridgehead atoms. The highest BCUT2D eigenvalue weighted by molar-refractivity contribution is 9.11. The normalized spacial score (nSPS) is 11.1. The van der Waals surface area contributed by atoms with Gasteiger partial charge in [0, 0.05) is 10.0 Å². The van der Waals surface area contributed by atoms with E-state index in [1.54, 1.807) is 12.6 Å². The molecule has 3 nitrogen and oxygen atoms in total. The number of furan rings is 1. The topological polar surface area (TPSA) is 41.8 Å². The summed E-state index contributed by atoms with van der Waals surface area (Å²) in [7, 11) is 0. The number of aromatic amines is 1. The van der Waals surface area contributed by atoms with E-state index in [2.05, 4.69) is 41.8 Å². The van der Waals surface area contributed by atoms with Crippen LogP contribution in [0.4, 0.5) is 0 Å². The molecule has 2 heterocycles. The fourth-order valence-electron chi connectivity index (χ4n) is 1.66. The summed E-state index contributed by atoms with van der Waals surface area (Å²) in [4.78, 5) is 7.34. The molecule has 0 atom stereocenters. The van der Waals surface area contributed by atoms with E-state index in [9.17, 15) is 0 Å². The van der Waals surface area contributed by atoms with Gasteiger partial charge >= 0.3 is 0 Å². The number of imidazole rings is 1. The van der Waals surface area contributed by atoms with E-state index >= 15 is 0 Å². The van der Waals surface area contributed by atoms with Gasteiger partial charge in [0.15, 0.2) is 0 Å². The quantitative estimate of drug-likeness (QED) is 0.715. The third-order valence-corrected chi connectivity index (χ3v) is 3.77. The summed E-state index contributed by atoms with van der Waals surface area (Å²) in [6.07, 6.45) is 3.33. The molecule has 3 rings (SSSR count). The lowest BCUT2D eigenvalue weighted by molar-refractivity contribution is 0.582. The second kappa shape index (κ2) is 3.75. The van der Waals surface area contributed by atoms with Crippen molar-refractivity contribution in [2.24, 2.45) is 0 Å². The van der Waals surface area contributed by atoms with Crippen LogP contribution in [0.25, 0.3) is 22.4 Å². The lowest BCUT2D eigenvalue weighted by Gasteiger charge is -2.05. The van der Waals surface area contributed by atoms with Crippen molar-refractivity contribution in [1.82, 2.24) is 9.97 Å². The van der Waals surface area contributed by atoms with Crippen LogP contribution < -0.4 is 0 Å². The summed E-state index contributed by atoms with van der Waals surface area (Å²) in [5, 5.41) is 0. The second-order valence-corrected chi connectivity index (χ2v) is 4.97. The average Bonchev–Trinajstić information content (AvgIpc) is 2.87. The zero-order valence-electron chi connectivity index (χ0n) is 8.00. The van der Waals surface area contributed by atoms with Gasteiger partial charge in [0.1, 0.15) is 11.3 Å². The van der Waals surface area contributed by atoms with E-state index in [1.807, 2.05) is 18.2 Å². The molecule has 0 fully saturated rings. The smallest absolute Gasteiger partial charge is 0.136 e. The van der Waals surface area contributed by atoms with Crippen LogP contribution in [0, 0.1) is 0 Å². The summed E-state index contributed by atoms with van der Waals surface area (Å²) in [5.74, 6) is 0.809. The van der Waals surface area contributed by atoms with Crippen molar-refractivity contribution in [2.45, 2.75) is 0 Å². The number of H-pyrrole nitrogens is 1. The van der Waals surface area contributed by atoms with Gasteiger partial charge in [-0.3, -0.25) is 0 Å². The second-order valence-electron chi connectivity index (χ2n) is 3.32. The molecule has 0 amide bonds. The Kier molecular flexibility index (Phi) is 2.37. The van der Waals surface area contributed by atoms with Crippen molar-refractivity contribution in [3.05, 3.63) is 39.7 Å². The van der Waals surface area contributed by atoms with Crippen molar-refractivity contribution in [3.63, 3.8) is 0 Å². The molecular weight excluding hydrogens is 336 g/mol. The Balaban J connectivity index is 2.39. The van der Waals surface area contributed by atoms with Gasteiger partial charge in [0.05, 0.1) is 22.6 Å². The Labute approximate surface area is 108 Å². The number of benzene rings is 1. The van der Waals surface area contributed by atoms with Gasteiger partial charge in [0.2, 0.25) is 0 Å². The summed E-state index contributed by atoms with van der Waals surface area (Å²) in [6, 6.07) is 5.78. The molecule has 0 saturated heterocycles. The van der Waals surface area contributed by atoms with E-state index in [1.165, 1.54) is 0 Å². The molecule has 3 aromatic rings. The first kappa shape index (κ1) is 10.1. The molecule has 2 aromatic heterocycles. The largest absolute Gasteiger partial charge is 0.464 e. The molecule has 1 aromatic carbocycles. The van der Waals surface area contributed by atoms with Crippen LogP contribution in [0.15, 0.2) is 44.2 Å². The SMILES string of the molecule is Brc1cc2[nH]cnc2c(Br)c1-c1ccco1. The van der Waals surface area contributed by atoms with Crippen LogP contribution in [0.5, 0.6) is 0 Å². The first-order valence-electron chi connectivity index (χ1n) is 4.62. The van der Waals surface area contributed by atoms with Crippen LogP contribution >= 0.6 is 31.9 Å². The monoisotopic (exact) mass is 340 g/mol. The van der Waals surface area contributed by atoms with Crippen LogP contribution in [0.2, 0.25) is 0 Å². The van der Waals surface area contributed by atoms with Gasteiger partial charge in [-0.15, -0.1) is 0 Å². The molecule has 0 aliphatic carbocycles. The number of rotatable bonds is 1. The number of nitrogens with one attached hydrogen (secondary N) is 1. The van der Waals surface area contributed by atoms with Gasteiger partial charge in [-0.25, -0.2) is 4.98 Å². The van der Waals surface area contributed by atoms with Crippen molar-refractivity contribution in [3.8, 4) is 11.3 Å². The first-order chi connectivity index (χ1) is 7.77. The number of hydrogen-bond acceptors (Lipinski definition) is 2. The minimum absolute atomic E-state index is 0.809. The molecule has 1 N–H and O–H groups in total. The molecule has 0 aliphatic rings. The maximum absolute atomic E-state index is 5.41. The molecule has 0 saturated carbocycles. The number of hydrogen-bond donors (Lipinski definition) is 1. The standard InChI is InChI=1S/C11H6Br2N2O/c12-6-4-7-11(15-5-14-7)10(13)9(6)8-2-1-3-16-8/h1-5H,(H,14,15). The number of nitrogens with zero attached hydrogens (tertiary/aromatic N) is 1. The molecule has 16 heavy (non-hydrogen) atoms. The van der Waals surface area contributed by atoms with Gasteiger partial charge < -0.3 is 9.40 Å². The molecule has 0 aliphatic heterocycles. The first-order valence-corrected chi connectivity index (χ1v) is 6.21. The predicted molar refractivity (Wildman–Crippen MR) is 69.2 cm³/mol. The van der Waals surface area contributed by atoms with Crippen LogP contribution in [-0.4, -0.2) is 9.97 Å². The van der Waals surface area contributed by atoms with E-state index in [4.69, 9.17) is 4.42 Å². The van der Waals surface area contributed by atoms with Crippen LogP contribution in [0.3, 0.4) is 0 Å². The Morgan fingerprint density at radius 3 is 2.94 bits per heavy atom. The zero-order chi connectivity index (χ0) is 11.1. The van der Waals surface area contributed by atoms with E-state index in [-0.39, 0.29) is 0 Å². The molecule has 0 unspecified atom stereocenters. The Morgan fingerprint density at radius 2 is 2.19 bits per heavy atom. The molecule has 80 valence electrons. The summed E-state index contributed by atoms with van der Waals surface area (Å²) in [6.45, 7) is 0. The molecular formula is C11H6Br2N2O. The van der Waals surface area contributed by atoms with Gasteiger partial charge in [0.25, 0.3) is 0 Å². The third-order valence-electron chi connectivity index (χ3n) is 2.37. The van der Waals surface area contributed by atoms with E-state index in [0.29, 0.717) is 0 Å². The molecule has 5 heteroatoms. The fraction of sp³-hybridized carbons (Fsp3) is 0. The third kappa shape index (κ3) is 1.43. The van der Waals surface area contributed by atoms with Gasteiger partial charge in [-0.05, 0) is 50.1 Å². The highest BCUT2D eigenvalue weighted by atomic mass is 79.9. The van der Waals surface area contributed by atoms with E-state index < -0.39 is 0 Å². The Morgan fingerprint density at radius 1 is 1.31 bits per heavy atom. The minimum Gasteiger partial charge on any atom is -0.464 e. The lowest BCUT2D eigenvalue weighted by Crippen LogP contribution is -1.82. The van der Waals surface area contributed by atoms with Crippen LogP contribution in [-0.2, 0) is 0 Å². The number of halogens is 2. The fourth-order valence-corrected chi connectivity index (χ4v) is 3.27. The van der Waals surface area contributed by atoms with Gasteiger partial charge in [-0.2, -0.15) is 0 Å². The highest BCUT2D eigenvalue weighted by Gasteiger charge is 2.15. The number of fused-ring (bicyclic) bond motifs is 1. The average molecular weight is 342 g/mol. The predicted octanol–water partition coefficient (Wildman–Crippen LogP) is 4.35. The Hall–Kier alpha value is -1.07. The van der Waals surface area contributed by atoms with Gasteiger partial charge in [-0.1, -0.05) is 0 Å². The maximum Gasteiger partial charge on any atom is 0.136 e. The summed E-state index contributed by atoms with van der Waals surface area (Å²) >= 11 is 7.10. The van der Waals surface area contributed by atoms with Crippen LogP contribution in [0.1, 0.15) is 0 Å². The van der Waals surface area contributed by atoms with E-state index in [0.717, 1.165) is 31.3 Å². The summed E-state index contributed by atoms with van der Waals surface area (Å²) < 4.78 is 7.30. The highest BCUT2D eigenvalue weighted by Crippen LogP contribution is 2.39. The Bertz CT molecular complexity index is 643. The van der Waals surface area contributed by atoms with Crippen molar-refractivity contribution >= 4 is 42.9 Å². The molecule has 0 radical (unpaired) electrons. The van der Waals surface area contributed by atoms with Crippen molar-refractivity contribution < 1.29 is 4.42 Å². The zero-order valence-corrected chi connectivity index (χ0v) is 11.2. The number of aromatic nitrogens is 2.